The maximum Gasteiger partial charge on any atom is 0.290 e. The molecule has 0 bridgehead atoms. The predicted molar refractivity (Wildman–Crippen MR) is 102 cm³/mol. The summed E-state index contributed by atoms with van der Waals surface area (Å²) in [5.74, 6) is 1.09. The molecule has 26 heavy (non-hydrogen) atoms. The van der Waals surface area contributed by atoms with E-state index < -0.39 is 0 Å². The van der Waals surface area contributed by atoms with Gasteiger partial charge in [0.25, 0.3) is 11.1 Å². The Balaban J connectivity index is 1.61. The van der Waals surface area contributed by atoms with Crippen molar-refractivity contribution >= 4 is 29.0 Å². The average molecular weight is 369 g/mol. The van der Waals surface area contributed by atoms with E-state index in [-0.39, 0.29) is 11.1 Å². The summed E-state index contributed by atoms with van der Waals surface area (Å²) in [5, 5.41) is 1.88. The maximum absolute atomic E-state index is 11.7. The van der Waals surface area contributed by atoms with Gasteiger partial charge in [0.15, 0.2) is 0 Å². The minimum atomic E-state index is -0.381. The first-order valence-corrected chi connectivity index (χ1v) is 9.01. The van der Waals surface area contributed by atoms with Crippen LogP contribution in [0.4, 0.5) is 4.79 Å². The van der Waals surface area contributed by atoms with Crippen LogP contribution in [0.5, 0.6) is 11.5 Å². The number of thioether (sulfide) groups is 1. The maximum atomic E-state index is 11.7. The third kappa shape index (κ3) is 4.46. The number of benzene rings is 2. The van der Waals surface area contributed by atoms with Gasteiger partial charge in [-0.3, -0.25) is 14.9 Å². The SMILES string of the molecule is Cc1ccc(OCCOc2ccccc2C=C2SC(=O)NC2=O)c(C)c1. The summed E-state index contributed by atoms with van der Waals surface area (Å²) in [4.78, 5) is 23.3. The van der Waals surface area contributed by atoms with Gasteiger partial charge in [0, 0.05) is 5.56 Å². The average Bonchev–Trinajstić information content (AvgIpc) is 2.92. The van der Waals surface area contributed by atoms with Crippen LogP contribution in [0.15, 0.2) is 47.4 Å². The van der Waals surface area contributed by atoms with E-state index in [0.29, 0.717) is 23.9 Å². The fraction of sp³-hybridized carbons (Fsp3) is 0.200. The molecule has 1 fully saturated rings. The lowest BCUT2D eigenvalue weighted by Crippen LogP contribution is -2.17. The van der Waals surface area contributed by atoms with Gasteiger partial charge < -0.3 is 9.47 Å². The van der Waals surface area contributed by atoms with E-state index in [4.69, 9.17) is 9.47 Å². The third-order valence-corrected chi connectivity index (χ3v) is 4.59. The van der Waals surface area contributed by atoms with E-state index in [1.54, 1.807) is 6.08 Å². The van der Waals surface area contributed by atoms with Crippen LogP contribution in [-0.2, 0) is 4.79 Å². The van der Waals surface area contributed by atoms with Gasteiger partial charge in [-0.25, -0.2) is 0 Å². The molecular formula is C20H19NO4S. The summed E-state index contributed by atoms with van der Waals surface area (Å²) in [6.07, 6.45) is 1.66. The molecule has 1 saturated heterocycles. The van der Waals surface area contributed by atoms with Gasteiger partial charge in [0.2, 0.25) is 0 Å². The highest BCUT2D eigenvalue weighted by Gasteiger charge is 2.25. The van der Waals surface area contributed by atoms with Crippen LogP contribution in [0.1, 0.15) is 16.7 Å². The van der Waals surface area contributed by atoms with Gasteiger partial charge in [-0.2, -0.15) is 0 Å². The van der Waals surface area contributed by atoms with Crippen molar-refractivity contribution in [3.8, 4) is 11.5 Å². The quantitative estimate of drug-likeness (QED) is 0.614. The van der Waals surface area contributed by atoms with E-state index >= 15 is 0 Å². The fourth-order valence-electron chi connectivity index (χ4n) is 2.56. The fourth-order valence-corrected chi connectivity index (χ4v) is 3.23. The van der Waals surface area contributed by atoms with Crippen molar-refractivity contribution in [2.24, 2.45) is 0 Å². The first-order valence-electron chi connectivity index (χ1n) is 8.19. The van der Waals surface area contributed by atoms with Crippen LogP contribution in [0.2, 0.25) is 0 Å². The van der Waals surface area contributed by atoms with Gasteiger partial charge in [-0.1, -0.05) is 35.9 Å². The summed E-state index contributed by atoms with van der Waals surface area (Å²) < 4.78 is 11.6. The van der Waals surface area contributed by atoms with Crippen LogP contribution in [0, 0.1) is 13.8 Å². The second-order valence-corrected chi connectivity index (χ2v) is 6.87. The number of carbonyl (C=O) groups is 2. The van der Waals surface area contributed by atoms with Gasteiger partial charge >= 0.3 is 0 Å². The standard InChI is InChI=1S/C20H19NO4S/c1-13-7-8-16(14(2)11-13)24-9-10-25-17-6-4-3-5-15(17)12-18-19(22)21-20(23)26-18/h3-8,11-12H,9-10H2,1-2H3,(H,21,22,23). The van der Waals surface area contributed by atoms with E-state index in [1.165, 1.54) is 5.56 Å². The number of hydrogen-bond donors (Lipinski definition) is 1. The molecule has 1 aliphatic heterocycles. The number of nitrogens with one attached hydrogen (secondary N) is 1. The Bertz CT molecular complexity index is 876. The molecule has 1 N–H and O–H groups in total. The van der Waals surface area contributed by atoms with Gasteiger partial charge in [-0.15, -0.1) is 0 Å². The molecule has 0 aliphatic carbocycles. The number of para-hydroxylation sites is 1. The Morgan fingerprint density at radius 2 is 1.73 bits per heavy atom. The number of carbonyl (C=O) groups excluding carboxylic acids is 2. The zero-order chi connectivity index (χ0) is 18.5. The first kappa shape index (κ1) is 18.1. The molecule has 0 saturated carbocycles. The van der Waals surface area contributed by atoms with Crippen molar-refractivity contribution < 1.29 is 19.1 Å². The second-order valence-electron chi connectivity index (χ2n) is 5.86. The van der Waals surface area contributed by atoms with Gasteiger partial charge in [-0.05, 0) is 49.4 Å². The predicted octanol–water partition coefficient (Wildman–Crippen LogP) is 4.09. The van der Waals surface area contributed by atoms with Crippen LogP contribution >= 0.6 is 11.8 Å². The normalized spacial score (nSPS) is 15.2. The number of imide groups is 1. The number of rotatable bonds is 6. The van der Waals surface area contributed by atoms with E-state index in [1.807, 2.05) is 50.2 Å². The summed E-state index contributed by atoms with van der Waals surface area (Å²) in [5.41, 5.74) is 3.02. The molecule has 134 valence electrons. The minimum absolute atomic E-state index is 0.359. The number of hydrogen-bond acceptors (Lipinski definition) is 5. The zero-order valence-electron chi connectivity index (χ0n) is 14.6. The minimum Gasteiger partial charge on any atom is -0.490 e. The lowest BCUT2D eigenvalue weighted by atomic mass is 10.1. The van der Waals surface area contributed by atoms with Crippen molar-refractivity contribution in [3.63, 3.8) is 0 Å². The van der Waals surface area contributed by atoms with Crippen LogP contribution < -0.4 is 14.8 Å². The van der Waals surface area contributed by atoms with Gasteiger partial charge in [0.1, 0.15) is 24.7 Å². The Morgan fingerprint density at radius 1 is 1.00 bits per heavy atom. The molecule has 5 nitrogen and oxygen atoms in total. The lowest BCUT2D eigenvalue weighted by Gasteiger charge is -2.12. The number of amides is 2. The molecule has 0 unspecified atom stereocenters. The molecule has 0 aromatic heterocycles. The molecule has 0 radical (unpaired) electrons. The molecule has 2 amide bonds. The highest BCUT2D eigenvalue weighted by atomic mass is 32.2. The zero-order valence-corrected chi connectivity index (χ0v) is 15.4. The van der Waals surface area contributed by atoms with Crippen LogP contribution in [-0.4, -0.2) is 24.4 Å². The smallest absolute Gasteiger partial charge is 0.290 e. The second kappa shape index (κ2) is 8.10. The molecule has 3 rings (SSSR count). The molecule has 0 spiro atoms. The Labute approximate surface area is 156 Å². The molecule has 2 aromatic rings. The molecule has 6 heteroatoms. The first-order chi connectivity index (χ1) is 12.5. The van der Waals surface area contributed by atoms with E-state index in [9.17, 15) is 9.59 Å². The Morgan fingerprint density at radius 3 is 2.42 bits per heavy atom. The topological polar surface area (TPSA) is 64.6 Å². The Kier molecular flexibility index (Phi) is 5.63. The Hall–Kier alpha value is -2.73. The van der Waals surface area contributed by atoms with Crippen molar-refractivity contribution in [2.75, 3.05) is 13.2 Å². The van der Waals surface area contributed by atoms with E-state index in [0.717, 1.165) is 28.6 Å². The largest absolute Gasteiger partial charge is 0.490 e. The van der Waals surface area contributed by atoms with Crippen LogP contribution in [0.25, 0.3) is 6.08 Å². The van der Waals surface area contributed by atoms with Crippen molar-refractivity contribution in [1.29, 1.82) is 0 Å². The molecule has 1 aliphatic rings. The third-order valence-electron chi connectivity index (χ3n) is 3.78. The summed E-state index contributed by atoms with van der Waals surface area (Å²) in [6.45, 7) is 4.83. The molecule has 0 atom stereocenters. The van der Waals surface area contributed by atoms with Crippen LogP contribution in [0.3, 0.4) is 0 Å². The van der Waals surface area contributed by atoms with Crippen molar-refractivity contribution in [2.45, 2.75) is 13.8 Å². The van der Waals surface area contributed by atoms with Gasteiger partial charge in [0.05, 0.1) is 4.91 Å². The highest BCUT2D eigenvalue weighted by Crippen LogP contribution is 2.29. The number of ether oxygens (including phenoxy) is 2. The van der Waals surface area contributed by atoms with Crippen molar-refractivity contribution in [1.82, 2.24) is 5.32 Å². The molecular weight excluding hydrogens is 350 g/mol. The molecule has 1 heterocycles. The summed E-state index contributed by atoms with van der Waals surface area (Å²) in [6, 6.07) is 13.4. The molecule has 2 aromatic carbocycles. The van der Waals surface area contributed by atoms with Crippen molar-refractivity contribution in [3.05, 3.63) is 64.1 Å². The summed E-state index contributed by atoms with van der Waals surface area (Å²) in [7, 11) is 0. The highest BCUT2D eigenvalue weighted by molar-refractivity contribution is 8.18. The van der Waals surface area contributed by atoms with E-state index in [2.05, 4.69) is 11.4 Å². The number of aryl methyl sites for hydroxylation is 2. The monoisotopic (exact) mass is 369 g/mol. The summed E-state index contributed by atoms with van der Waals surface area (Å²) >= 11 is 0.887. The lowest BCUT2D eigenvalue weighted by molar-refractivity contribution is -0.115.